The maximum Gasteiger partial charge on any atom is 0.189 e. The second-order valence-electron chi connectivity index (χ2n) is 6.12. The van der Waals surface area contributed by atoms with Gasteiger partial charge in [-0.3, -0.25) is 4.99 Å². The van der Waals surface area contributed by atoms with Gasteiger partial charge in [-0.05, 0) is 45.1 Å². The lowest BCUT2D eigenvalue weighted by atomic mass is 9.76. The fourth-order valence-corrected chi connectivity index (χ4v) is 2.30. The Morgan fingerprint density at radius 2 is 1.79 bits per heavy atom. The van der Waals surface area contributed by atoms with Crippen molar-refractivity contribution in [2.45, 2.75) is 51.1 Å². The molecule has 0 heterocycles. The van der Waals surface area contributed by atoms with Gasteiger partial charge in [-0.25, -0.2) is 0 Å². The summed E-state index contributed by atoms with van der Waals surface area (Å²) in [7, 11) is 0. The number of hydrogen-bond donors (Lipinski definition) is 2. The maximum absolute atomic E-state index is 5.89. The van der Waals surface area contributed by atoms with Gasteiger partial charge in [-0.15, -0.1) is 24.0 Å². The molecule has 0 aromatic heterocycles. The summed E-state index contributed by atoms with van der Waals surface area (Å²) in [6.45, 7) is 6.26. The van der Waals surface area contributed by atoms with Crippen LogP contribution in [0.1, 0.15) is 45.1 Å². The Bertz CT molecular complexity index is 417. The average Bonchev–Trinajstić information content (AvgIpc) is 2.21. The minimum absolute atomic E-state index is 0. The van der Waals surface area contributed by atoms with Gasteiger partial charge in [-0.1, -0.05) is 30.3 Å². The lowest BCUT2D eigenvalue weighted by molar-refractivity contribution is 0.351. The number of nitrogens with two attached hydrogens (primary N) is 1. The molecule has 3 nitrogen and oxygen atoms in total. The van der Waals surface area contributed by atoms with E-state index in [9.17, 15) is 0 Å². The Kier molecular flexibility index (Phi) is 5.64. The molecule has 0 aliphatic heterocycles. The van der Waals surface area contributed by atoms with Crippen LogP contribution in [-0.4, -0.2) is 17.5 Å². The maximum atomic E-state index is 5.89. The van der Waals surface area contributed by atoms with Crippen molar-refractivity contribution >= 4 is 29.9 Å². The number of halogens is 1. The smallest absolute Gasteiger partial charge is 0.189 e. The molecule has 19 heavy (non-hydrogen) atoms. The van der Waals surface area contributed by atoms with Gasteiger partial charge in [0.2, 0.25) is 0 Å². The Morgan fingerprint density at radius 1 is 1.21 bits per heavy atom. The minimum atomic E-state index is -0.0177. The molecule has 4 heteroatoms. The average molecular weight is 373 g/mol. The van der Waals surface area contributed by atoms with E-state index in [2.05, 4.69) is 61.4 Å². The Labute approximate surface area is 133 Å². The van der Waals surface area contributed by atoms with E-state index >= 15 is 0 Å². The summed E-state index contributed by atoms with van der Waals surface area (Å²) in [5.41, 5.74) is 7.30. The van der Waals surface area contributed by atoms with Crippen molar-refractivity contribution in [2.24, 2.45) is 10.7 Å². The normalized spacial score (nSPS) is 23.2. The molecule has 1 fully saturated rings. The molecule has 1 aromatic rings. The number of nitrogens with zero attached hydrogens (tertiary/aromatic N) is 1. The van der Waals surface area contributed by atoms with Crippen LogP contribution in [0.25, 0.3) is 0 Å². The van der Waals surface area contributed by atoms with Gasteiger partial charge in [0.1, 0.15) is 0 Å². The highest BCUT2D eigenvalue weighted by Crippen LogP contribution is 2.38. The number of rotatable bonds is 2. The van der Waals surface area contributed by atoms with Crippen LogP contribution in [0.2, 0.25) is 0 Å². The van der Waals surface area contributed by atoms with E-state index in [4.69, 9.17) is 5.73 Å². The number of benzene rings is 1. The van der Waals surface area contributed by atoms with Gasteiger partial charge in [0.25, 0.3) is 0 Å². The molecule has 1 aromatic carbocycles. The van der Waals surface area contributed by atoms with Gasteiger partial charge in [0, 0.05) is 5.54 Å². The fourth-order valence-electron chi connectivity index (χ4n) is 2.30. The van der Waals surface area contributed by atoms with Gasteiger partial charge < -0.3 is 11.1 Å². The van der Waals surface area contributed by atoms with Crippen molar-refractivity contribution in [3.05, 3.63) is 35.9 Å². The number of hydrogen-bond acceptors (Lipinski definition) is 1. The van der Waals surface area contributed by atoms with Crippen LogP contribution >= 0.6 is 24.0 Å². The molecule has 2 rings (SSSR count). The number of nitrogens with one attached hydrogen (secondary N) is 1. The molecule has 106 valence electrons. The van der Waals surface area contributed by atoms with E-state index in [1.165, 1.54) is 5.56 Å². The number of aliphatic imine (C=N–C) groups is 1. The van der Waals surface area contributed by atoms with E-state index in [1.54, 1.807) is 0 Å². The largest absolute Gasteiger partial charge is 0.370 e. The Balaban J connectivity index is 0.00000180. The summed E-state index contributed by atoms with van der Waals surface area (Å²) in [5, 5.41) is 3.20. The van der Waals surface area contributed by atoms with E-state index < -0.39 is 0 Å². The summed E-state index contributed by atoms with van der Waals surface area (Å²) >= 11 is 0. The third-order valence-corrected chi connectivity index (χ3v) is 3.21. The summed E-state index contributed by atoms with van der Waals surface area (Å²) < 4.78 is 0. The molecule has 3 N–H and O–H groups in total. The highest BCUT2D eigenvalue weighted by molar-refractivity contribution is 14.0. The van der Waals surface area contributed by atoms with E-state index in [1.807, 2.05) is 0 Å². The van der Waals surface area contributed by atoms with Crippen LogP contribution in [0.4, 0.5) is 0 Å². The summed E-state index contributed by atoms with van der Waals surface area (Å²) in [6.07, 6.45) is 2.22. The van der Waals surface area contributed by atoms with Crippen LogP contribution in [0.5, 0.6) is 0 Å². The zero-order valence-electron chi connectivity index (χ0n) is 11.9. The predicted molar refractivity (Wildman–Crippen MR) is 92.1 cm³/mol. The van der Waals surface area contributed by atoms with E-state index in [0.29, 0.717) is 17.9 Å². The zero-order chi connectivity index (χ0) is 13.2. The van der Waals surface area contributed by atoms with Gasteiger partial charge in [0.15, 0.2) is 5.96 Å². The molecule has 0 bridgehead atoms. The topological polar surface area (TPSA) is 50.4 Å². The second kappa shape index (κ2) is 6.59. The minimum Gasteiger partial charge on any atom is -0.370 e. The van der Waals surface area contributed by atoms with Crippen LogP contribution < -0.4 is 11.1 Å². The third kappa shape index (κ3) is 5.01. The Morgan fingerprint density at radius 3 is 2.32 bits per heavy atom. The Hall–Kier alpha value is -0.780. The van der Waals surface area contributed by atoms with Crippen molar-refractivity contribution in [1.82, 2.24) is 5.32 Å². The second-order valence-corrected chi connectivity index (χ2v) is 6.12. The first kappa shape index (κ1) is 16.3. The zero-order valence-corrected chi connectivity index (χ0v) is 14.2. The molecular formula is C15H24IN3. The highest BCUT2D eigenvalue weighted by Gasteiger charge is 2.30. The first-order valence-corrected chi connectivity index (χ1v) is 6.60. The van der Waals surface area contributed by atoms with Gasteiger partial charge >= 0.3 is 0 Å². The standard InChI is InChI=1S/C15H23N3.HI/c1-15(2,3)18-14(16)17-13-9-12(10-13)11-7-5-4-6-8-11;/h4-8,12-13H,9-10H2,1-3H3,(H3,16,17,18);1H. The molecule has 1 saturated carbocycles. The quantitative estimate of drug-likeness (QED) is 0.475. The first-order chi connectivity index (χ1) is 8.44. The molecule has 0 spiro atoms. The van der Waals surface area contributed by atoms with E-state index in [-0.39, 0.29) is 29.5 Å². The van der Waals surface area contributed by atoms with Crippen LogP contribution in [0.3, 0.4) is 0 Å². The SMILES string of the molecule is CC(C)(C)NC(N)=NC1CC(c2ccccc2)C1.I. The van der Waals surface area contributed by atoms with Crippen LogP contribution in [0.15, 0.2) is 35.3 Å². The van der Waals surface area contributed by atoms with Gasteiger partial charge in [-0.2, -0.15) is 0 Å². The fraction of sp³-hybridized carbons (Fsp3) is 0.533. The monoisotopic (exact) mass is 373 g/mol. The lowest BCUT2D eigenvalue weighted by Crippen LogP contribution is -2.46. The molecule has 0 amide bonds. The molecule has 0 radical (unpaired) electrons. The molecule has 0 atom stereocenters. The van der Waals surface area contributed by atoms with Crippen LogP contribution in [-0.2, 0) is 0 Å². The molecule has 0 saturated heterocycles. The van der Waals surface area contributed by atoms with Crippen molar-refractivity contribution in [1.29, 1.82) is 0 Å². The van der Waals surface area contributed by atoms with Crippen molar-refractivity contribution in [3.63, 3.8) is 0 Å². The number of guanidine groups is 1. The summed E-state index contributed by atoms with van der Waals surface area (Å²) in [4.78, 5) is 4.53. The van der Waals surface area contributed by atoms with Crippen molar-refractivity contribution in [2.75, 3.05) is 0 Å². The van der Waals surface area contributed by atoms with E-state index in [0.717, 1.165) is 12.8 Å². The summed E-state index contributed by atoms with van der Waals surface area (Å²) in [6, 6.07) is 11.0. The van der Waals surface area contributed by atoms with Crippen molar-refractivity contribution in [3.8, 4) is 0 Å². The molecule has 1 aliphatic carbocycles. The predicted octanol–water partition coefficient (Wildman–Crippen LogP) is 3.25. The van der Waals surface area contributed by atoms with Crippen molar-refractivity contribution < 1.29 is 0 Å². The van der Waals surface area contributed by atoms with Crippen LogP contribution in [0, 0.1) is 0 Å². The summed E-state index contributed by atoms with van der Waals surface area (Å²) in [5.74, 6) is 1.22. The molecule has 1 aliphatic rings. The molecule has 0 unspecified atom stereocenters. The lowest BCUT2D eigenvalue weighted by Gasteiger charge is -2.33. The third-order valence-electron chi connectivity index (χ3n) is 3.21. The van der Waals surface area contributed by atoms with Gasteiger partial charge in [0.05, 0.1) is 6.04 Å². The highest BCUT2D eigenvalue weighted by atomic mass is 127. The first-order valence-electron chi connectivity index (χ1n) is 6.60. The molecular weight excluding hydrogens is 349 g/mol.